The zero-order chi connectivity index (χ0) is 8.69. The summed E-state index contributed by atoms with van der Waals surface area (Å²) in [5.41, 5.74) is 1.19. The largest absolute Gasteiger partial charge is 0.496 e. The molecule has 0 bridgehead atoms. The van der Waals surface area contributed by atoms with Gasteiger partial charge in [0.15, 0.2) is 0 Å². The number of allylic oxidation sites excluding steroid dienone is 1. The van der Waals surface area contributed by atoms with E-state index in [2.05, 4.69) is 0 Å². The Morgan fingerprint density at radius 3 is 2.09 bits per heavy atom. The lowest BCUT2D eigenvalue weighted by atomic mass is 10.3. The lowest BCUT2D eigenvalue weighted by Gasteiger charge is -2.09. The first kappa shape index (κ1) is 10.5. The second-order valence-electron chi connectivity index (χ2n) is 2.49. The molecule has 2 nitrogen and oxygen atoms in total. The molecule has 0 aliphatic carbocycles. The Balaban J connectivity index is 3.81. The molecule has 11 heavy (non-hydrogen) atoms. The first-order valence-electron chi connectivity index (χ1n) is 4.09. The van der Waals surface area contributed by atoms with Gasteiger partial charge in [0.25, 0.3) is 0 Å². The predicted molar refractivity (Wildman–Crippen MR) is 46.5 cm³/mol. The minimum absolute atomic E-state index is 0.604. The average molecular weight is 158 g/mol. The smallest absolute Gasteiger partial charge is 0.120 e. The lowest BCUT2D eigenvalue weighted by Crippen LogP contribution is -2.03. The van der Waals surface area contributed by atoms with Crippen LogP contribution in [0.2, 0.25) is 0 Å². The summed E-state index contributed by atoms with van der Waals surface area (Å²) in [6.07, 6.45) is 0. The van der Waals surface area contributed by atoms with Gasteiger partial charge < -0.3 is 9.47 Å². The van der Waals surface area contributed by atoms with E-state index in [-0.39, 0.29) is 0 Å². The molecule has 0 heterocycles. The van der Waals surface area contributed by atoms with E-state index >= 15 is 0 Å². The van der Waals surface area contributed by atoms with E-state index in [1.54, 1.807) is 0 Å². The monoisotopic (exact) mass is 158 g/mol. The molecule has 0 unspecified atom stereocenters. The van der Waals surface area contributed by atoms with E-state index in [9.17, 15) is 0 Å². The molecule has 0 saturated carbocycles. The fourth-order valence-electron chi connectivity index (χ4n) is 0.699. The van der Waals surface area contributed by atoms with Gasteiger partial charge in [-0.2, -0.15) is 0 Å². The number of hydrogen-bond acceptors (Lipinski definition) is 2. The van der Waals surface area contributed by atoms with Crippen molar-refractivity contribution >= 4 is 0 Å². The van der Waals surface area contributed by atoms with Crippen LogP contribution in [-0.4, -0.2) is 19.8 Å². The van der Waals surface area contributed by atoms with Crippen LogP contribution in [0.3, 0.4) is 0 Å². The SMILES string of the molecule is CCOCC(OCC)=C(C)C. The Bertz CT molecular complexity index is 124. The maximum Gasteiger partial charge on any atom is 0.120 e. The van der Waals surface area contributed by atoms with Crippen LogP contribution in [0, 0.1) is 0 Å². The third-order valence-electron chi connectivity index (χ3n) is 1.31. The first-order valence-corrected chi connectivity index (χ1v) is 4.09. The van der Waals surface area contributed by atoms with Gasteiger partial charge in [0.1, 0.15) is 12.4 Å². The van der Waals surface area contributed by atoms with Gasteiger partial charge >= 0.3 is 0 Å². The highest BCUT2D eigenvalue weighted by Crippen LogP contribution is 2.05. The van der Waals surface area contributed by atoms with Crippen molar-refractivity contribution in [1.82, 2.24) is 0 Å². The quantitative estimate of drug-likeness (QED) is 0.572. The minimum atomic E-state index is 0.604. The van der Waals surface area contributed by atoms with E-state index in [1.807, 2.05) is 27.7 Å². The van der Waals surface area contributed by atoms with E-state index in [1.165, 1.54) is 5.57 Å². The Labute approximate surface area is 69.2 Å². The topological polar surface area (TPSA) is 18.5 Å². The zero-order valence-corrected chi connectivity index (χ0v) is 7.94. The fraction of sp³-hybridized carbons (Fsp3) is 0.778. The van der Waals surface area contributed by atoms with Crippen molar-refractivity contribution in [2.75, 3.05) is 19.8 Å². The molecule has 0 aliphatic rings. The van der Waals surface area contributed by atoms with Gasteiger partial charge in [-0.25, -0.2) is 0 Å². The van der Waals surface area contributed by atoms with Crippen LogP contribution in [0.25, 0.3) is 0 Å². The molecule has 0 N–H and O–H groups in total. The molecule has 2 heteroatoms. The van der Waals surface area contributed by atoms with Gasteiger partial charge in [-0.1, -0.05) is 0 Å². The number of hydrogen-bond donors (Lipinski definition) is 0. The van der Waals surface area contributed by atoms with Crippen LogP contribution in [0.1, 0.15) is 27.7 Å². The van der Waals surface area contributed by atoms with E-state index < -0.39 is 0 Å². The van der Waals surface area contributed by atoms with Gasteiger partial charge in [-0.05, 0) is 33.3 Å². The standard InChI is InChI=1S/C9H18O2/c1-5-10-7-9(8(3)4)11-6-2/h5-7H2,1-4H3. The van der Waals surface area contributed by atoms with Crippen LogP contribution in [0.4, 0.5) is 0 Å². The third-order valence-corrected chi connectivity index (χ3v) is 1.31. The molecule has 0 aromatic heterocycles. The second-order valence-corrected chi connectivity index (χ2v) is 2.49. The first-order chi connectivity index (χ1) is 5.22. The fourth-order valence-corrected chi connectivity index (χ4v) is 0.699. The summed E-state index contributed by atoms with van der Waals surface area (Å²) in [4.78, 5) is 0. The molecule has 0 radical (unpaired) electrons. The van der Waals surface area contributed by atoms with Crippen molar-refractivity contribution in [1.29, 1.82) is 0 Å². The van der Waals surface area contributed by atoms with Crippen LogP contribution in [-0.2, 0) is 9.47 Å². The molecule has 0 atom stereocenters. The van der Waals surface area contributed by atoms with Crippen LogP contribution in [0.15, 0.2) is 11.3 Å². The summed E-state index contributed by atoms with van der Waals surface area (Å²) < 4.78 is 10.6. The third kappa shape index (κ3) is 4.85. The predicted octanol–water partition coefficient (Wildman–Crippen LogP) is 2.35. The van der Waals surface area contributed by atoms with Crippen molar-refractivity contribution in [3.05, 3.63) is 11.3 Å². The maximum absolute atomic E-state index is 5.36. The molecule has 0 aliphatic heterocycles. The Morgan fingerprint density at radius 2 is 1.73 bits per heavy atom. The van der Waals surface area contributed by atoms with Crippen molar-refractivity contribution in [2.45, 2.75) is 27.7 Å². The second kappa shape index (κ2) is 6.23. The van der Waals surface area contributed by atoms with E-state index in [0.29, 0.717) is 13.2 Å². The summed E-state index contributed by atoms with van der Waals surface area (Å²) in [7, 11) is 0. The van der Waals surface area contributed by atoms with Gasteiger partial charge in [0.2, 0.25) is 0 Å². The molecule has 0 amide bonds. The molecule has 0 rings (SSSR count). The van der Waals surface area contributed by atoms with Crippen LogP contribution < -0.4 is 0 Å². The zero-order valence-electron chi connectivity index (χ0n) is 7.94. The normalized spacial score (nSPS) is 9.45. The molecule has 0 spiro atoms. The van der Waals surface area contributed by atoms with Crippen molar-refractivity contribution in [2.24, 2.45) is 0 Å². The maximum atomic E-state index is 5.36. The highest BCUT2D eigenvalue weighted by atomic mass is 16.5. The summed E-state index contributed by atoms with van der Waals surface area (Å²) in [5, 5.41) is 0. The van der Waals surface area contributed by atoms with Crippen molar-refractivity contribution in [3.63, 3.8) is 0 Å². The molecule has 0 aromatic carbocycles. The highest BCUT2D eigenvalue weighted by molar-refractivity contribution is 5.02. The van der Waals surface area contributed by atoms with Crippen molar-refractivity contribution < 1.29 is 9.47 Å². The molecule has 0 saturated heterocycles. The molecular formula is C9H18O2. The summed E-state index contributed by atoms with van der Waals surface area (Å²) in [5.74, 6) is 0.967. The Kier molecular flexibility index (Phi) is 5.94. The lowest BCUT2D eigenvalue weighted by molar-refractivity contribution is 0.108. The van der Waals surface area contributed by atoms with Gasteiger partial charge in [-0.15, -0.1) is 0 Å². The Hall–Kier alpha value is -0.500. The number of ether oxygens (including phenoxy) is 2. The van der Waals surface area contributed by atoms with Crippen molar-refractivity contribution in [3.8, 4) is 0 Å². The van der Waals surface area contributed by atoms with E-state index in [4.69, 9.17) is 9.47 Å². The Morgan fingerprint density at radius 1 is 1.09 bits per heavy atom. The molecule has 0 fully saturated rings. The minimum Gasteiger partial charge on any atom is -0.496 e. The summed E-state index contributed by atoms with van der Waals surface area (Å²) in [6.45, 7) is 10.1. The summed E-state index contributed by atoms with van der Waals surface area (Å²) >= 11 is 0. The van der Waals surface area contributed by atoms with E-state index in [0.717, 1.165) is 12.4 Å². The van der Waals surface area contributed by atoms with Crippen LogP contribution >= 0.6 is 0 Å². The highest BCUT2D eigenvalue weighted by Gasteiger charge is 1.98. The molecule has 66 valence electrons. The van der Waals surface area contributed by atoms with Gasteiger partial charge in [0, 0.05) is 6.61 Å². The number of rotatable bonds is 5. The van der Waals surface area contributed by atoms with Gasteiger partial charge in [-0.3, -0.25) is 0 Å². The van der Waals surface area contributed by atoms with Crippen LogP contribution in [0.5, 0.6) is 0 Å². The molecule has 0 aromatic rings. The van der Waals surface area contributed by atoms with Gasteiger partial charge in [0.05, 0.1) is 6.61 Å². The molecular weight excluding hydrogens is 140 g/mol. The summed E-state index contributed by atoms with van der Waals surface area (Å²) in [6, 6.07) is 0. The average Bonchev–Trinajstić information content (AvgIpc) is 1.97.